The third kappa shape index (κ3) is 4.17. The van der Waals surface area contributed by atoms with Gasteiger partial charge in [-0.3, -0.25) is 9.44 Å². The molecule has 0 saturated heterocycles. The van der Waals surface area contributed by atoms with Crippen LogP contribution in [0, 0.1) is 0 Å². The van der Waals surface area contributed by atoms with E-state index in [4.69, 9.17) is 0 Å². The van der Waals surface area contributed by atoms with Crippen molar-refractivity contribution in [1.82, 2.24) is 4.72 Å². The van der Waals surface area contributed by atoms with Crippen LogP contribution in [0.4, 0.5) is 11.4 Å². The smallest absolute Gasteiger partial charge is 0.280 e. The van der Waals surface area contributed by atoms with Crippen molar-refractivity contribution in [2.45, 2.75) is 4.90 Å². The van der Waals surface area contributed by atoms with Gasteiger partial charge in [-0.1, -0.05) is 0 Å². The maximum atomic E-state index is 12.0. The second kappa shape index (κ2) is 6.02. The summed E-state index contributed by atoms with van der Waals surface area (Å²) in [6, 6.07) is 7.36. The quantitative estimate of drug-likeness (QED) is 0.735. The summed E-state index contributed by atoms with van der Waals surface area (Å²) < 4.78 is 53.4. The lowest BCUT2D eigenvalue weighted by molar-refractivity contribution is 0.593. The van der Waals surface area contributed by atoms with Crippen LogP contribution in [0.5, 0.6) is 0 Å². The summed E-state index contributed by atoms with van der Waals surface area (Å²) in [5.74, 6) is 0. The van der Waals surface area contributed by atoms with Crippen LogP contribution in [-0.4, -0.2) is 23.9 Å². The lowest BCUT2D eigenvalue weighted by atomic mass is 10.3. The maximum Gasteiger partial charge on any atom is 0.298 e. The van der Waals surface area contributed by atoms with Crippen molar-refractivity contribution in [2.75, 3.05) is 16.5 Å². The fourth-order valence-electron chi connectivity index (χ4n) is 1.43. The van der Waals surface area contributed by atoms with Gasteiger partial charge in [-0.2, -0.15) is 19.8 Å². The highest BCUT2D eigenvalue weighted by Gasteiger charge is 2.14. The Morgan fingerprint density at radius 2 is 1.48 bits per heavy atom. The van der Waals surface area contributed by atoms with Crippen molar-refractivity contribution >= 4 is 42.9 Å². The van der Waals surface area contributed by atoms with Gasteiger partial charge in [-0.25, -0.2) is 13.1 Å². The van der Waals surface area contributed by atoms with E-state index >= 15 is 0 Å². The molecule has 10 heteroatoms. The Morgan fingerprint density at radius 3 is 1.95 bits per heavy atom. The van der Waals surface area contributed by atoms with Crippen LogP contribution >= 0.6 is 11.3 Å². The molecule has 2 rings (SSSR count). The minimum absolute atomic E-state index is 0.187. The number of hydrogen-bond acceptors (Lipinski definition) is 5. The Balaban J connectivity index is 2.14. The van der Waals surface area contributed by atoms with Gasteiger partial charge in [0.05, 0.1) is 4.90 Å². The molecule has 1 aromatic heterocycles. The van der Waals surface area contributed by atoms with E-state index in [1.54, 1.807) is 5.38 Å². The second-order valence-electron chi connectivity index (χ2n) is 3.95. The third-order valence-corrected chi connectivity index (χ3v) is 5.72. The molecule has 0 radical (unpaired) electrons. The minimum Gasteiger partial charge on any atom is -0.280 e. The predicted molar refractivity (Wildman–Crippen MR) is 83.2 cm³/mol. The molecule has 2 aromatic rings. The third-order valence-electron chi connectivity index (χ3n) is 2.46. The number of nitrogens with one attached hydrogen (secondary N) is 3. The minimum atomic E-state index is -3.61. The first-order valence-corrected chi connectivity index (χ1v) is 9.60. The molecule has 0 bridgehead atoms. The monoisotopic (exact) mass is 347 g/mol. The zero-order valence-corrected chi connectivity index (χ0v) is 13.3. The molecule has 0 aliphatic rings. The second-order valence-corrected chi connectivity index (χ2v) is 8.03. The molecule has 114 valence electrons. The number of hydrogen-bond donors (Lipinski definition) is 3. The van der Waals surface area contributed by atoms with Crippen molar-refractivity contribution in [3.8, 4) is 0 Å². The molecule has 1 heterocycles. The van der Waals surface area contributed by atoms with Crippen LogP contribution in [0.3, 0.4) is 0 Å². The van der Waals surface area contributed by atoms with Crippen molar-refractivity contribution in [3.05, 3.63) is 41.1 Å². The summed E-state index contributed by atoms with van der Waals surface area (Å²) in [7, 11) is -5.92. The molecule has 0 atom stereocenters. The lowest BCUT2D eigenvalue weighted by Crippen LogP contribution is -2.26. The van der Waals surface area contributed by atoms with E-state index in [9.17, 15) is 16.8 Å². The molecule has 1 aromatic carbocycles. The molecule has 21 heavy (non-hydrogen) atoms. The summed E-state index contributed by atoms with van der Waals surface area (Å²) in [5, 5.41) is 3.20. The largest absolute Gasteiger partial charge is 0.298 e. The van der Waals surface area contributed by atoms with Crippen LogP contribution in [0.25, 0.3) is 0 Å². The van der Waals surface area contributed by atoms with Crippen LogP contribution in [0.15, 0.2) is 46.0 Å². The fraction of sp³-hybridized carbons (Fsp3) is 0.0909. The topological polar surface area (TPSA) is 104 Å². The Hall–Kier alpha value is -1.62. The van der Waals surface area contributed by atoms with Gasteiger partial charge in [0.1, 0.15) is 0 Å². The van der Waals surface area contributed by atoms with Crippen LogP contribution in [0.1, 0.15) is 0 Å². The Bertz CT molecular complexity index is 797. The first-order valence-electron chi connectivity index (χ1n) is 5.69. The highest BCUT2D eigenvalue weighted by Crippen LogP contribution is 2.20. The summed E-state index contributed by atoms with van der Waals surface area (Å²) in [6.45, 7) is 0. The fourth-order valence-corrected chi connectivity index (χ4v) is 4.07. The molecule has 0 aliphatic carbocycles. The van der Waals surface area contributed by atoms with E-state index in [0.717, 1.165) is 0 Å². The van der Waals surface area contributed by atoms with Crippen molar-refractivity contribution < 1.29 is 16.8 Å². The van der Waals surface area contributed by atoms with Gasteiger partial charge in [0.25, 0.3) is 20.2 Å². The van der Waals surface area contributed by atoms with E-state index < -0.39 is 20.2 Å². The van der Waals surface area contributed by atoms with Crippen molar-refractivity contribution in [1.29, 1.82) is 0 Å². The zero-order chi connectivity index (χ0) is 15.5. The van der Waals surface area contributed by atoms with E-state index in [1.165, 1.54) is 54.1 Å². The van der Waals surface area contributed by atoms with E-state index in [2.05, 4.69) is 14.2 Å². The maximum absolute atomic E-state index is 12.0. The van der Waals surface area contributed by atoms with E-state index in [1.807, 2.05) is 0 Å². The summed E-state index contributed by atoms with van der Waals surface area (Å²) in [6.07, 6.45) is 0. The highest BCUT2D eigenvalue weighted by molar-refractivity contribution is 7.92. The standard InChI is InChI=1S/C11H13N3O4S3/c1-12-21(17,18)14-10-4-2-9(3-5-10)13-20(15,16)11-6-7-19-8-11/h2-8,12-14H,1H3. The first kappa shape index (κ1) is 15.8. The SMILES string of the molecule is CNS(=O)(=O)Nc1ccc(NS(=O)(=O)c2ccsc2)cc1. The molecule has 0 aliphatic heterocycles. The molecular weight excluding hydrogens is 334 g/mol. The normalized spacial score (nSPS) is 12.0. The molecule has 0 spiro atoms. The zero-order valence-electron chi connectivity index (χ0n) is 10.9. The number of thiophene rings is 1. The molecule has 0 fully saturated rings. The number of rotatable bonds is 6. The molecule has 7 nitrogen and oxygen atoms in total. The van der Waals surface area contributed by atoms with Crippen molar-refractivity contribution in [2.24, 2.45) is 0 Å². The summed E-state index contributed by atoms with van der Waals surface area (Å²) >= 11 is 1.29. The number of sulfonamides is 1. The number of benzene rings is 1. The Morgan fingerprint density at radius 1 is 0.905 bits per heavy atom. The average Bonchev–Trinajstić information content (AvgIpc) is 2.95. The van der Waals surface area contributed by atoms with Crippen molar-refractivity contribution in [3.63, 3.8) is 0 Å². The first-order chi connectivity index (χ1) is 9.82. The summed E-state index contributed by atoms with van der Waals surface area (Å²) in [5.41, 5.74) is 0.663. The molecule has 3 N–H and O–H groups in total. The number of anilines is 2. The van der Waals surface area contributed by atoms with Crippen LogP contribution in [0.2, 0.25) is 0 Å². The lowest BCUT2D eigenvalue weighted by Gasteiger charge is -2.09. The van der Waals surface area contributed by atoms with Gasteiger partial charge in [0.15, 0.2) is 0 Å². The van der Waals surface area contributed by atoms with Crippen LogP contribution < -0.4 is 14.2 Å². The molecule has 0 unspecified atom stereocenters. The van der Waals surface area contributed by atoms with Gasteiger partial charge < -0.3 is 0 Å². The predicted octanol–water partition coefficient (Wildman–Crippen LogP) is 1.42. The average molecular weight is 347 g/mol. The highest BCUT2D eigenvalue weighted by atomic mass is 32.2. The van der Waals surface area contributed by atoms with Gasteiger partial charge >= 0.3 is 0 Å². The van der Waals surface area contributed by atoms with Gasteiger partial charge in [-0.15, -0.1) is 0 Å². The van der Waals surface area contributed by atoms with Gasteiger partial charge in [0.2, 0.25) is 0 Å². The molecular formula is C11H13N3O4S3. The van der Waals surface area contributed by atoms with Gasteiger partial charge in [0, 0.05) is 23.8 Å². The Labute approximate surface area is 127 Å². The van der Waals surface area contributed by atoms with E-state index in [0.29, 0.717) is 11.4 Å². The molecule has 0 amide bonds. The van der Waals surface area contributed by atoms with E-state index in [-0.39, 0.29) is 4.90 Å². The van der Waals surface area contributed by atoms with Gasteiger partial charge in [-0.05, 0) is 35.7 Å². The van der Waals surface area contributed by atoms with Crippen LogP contribution in [-0.2, 0) is 20.2 Å². The molecule has 0 saturated carbocycles. The Kier molecular flexibility index (Phi) is 4.52. The summed E-state index contributed by atoms with van der Waals surface area (Å²) in [4.78, 5) is 0.187.